The molecular weight excluding hydrogens is 234 g/mol. The SMILES string of the molecule is CCc1ccc(C(NN)C(C)(C)N2CCCC2)cc1. The fourth-order valence-electron chi connectivity index (χ4n) is 3.13. The van der Waals surface area contributed by atoms with Gasteiger partial charge in [0.2, 0.25) is 0 Å². The van der Waals surface area contributed by atoms with E-state index in [4.69, 9.17) is 5.84 Å². The lowest BCUT2D eigenvalue weighted by atomic mass is 9.87. The van der Waals surface area contributed by atoms with Crippen LogP contribution in [-0.4, -0.2) is 23.5 Å². The predicted octanol–water partition coefficient (Wildman–Crippen LogP) is 2.63. The molecule has 3 nitrogen and oxygen atoms in total. The zero-order chi connectivity index (χ0) is 13.9. The number of likely N-dealkylation sites (tertiary alicyclic amines) is 1. The second-order valence-electron chi connectivity index (χ2n) is 6.04. The van der Waals surface area contributed by atoms with Crippen molar-refractivity contribution in [2.24, 2.45) is 5.84 Å². The lowest BCUT2D eigenvalue weighted by Gasteiger charge is -2.42. The van der Waals surface area contributed by atoms with Crippen LogP contribution in [-0.2, 0) is 6.42 Å². The van der Waals surface area contributed by atoms with Gasteiger partial charge in [-0.25, -0.2) is 0 Å². The van der Waals surface area contributed by atoms with Crippen LogP contribution >= 0.6 is 0 Å². The molecule has 0 amide bonds. The molecule has 0 aromatic heterocycles. The molecular formula is C16H27N3. The highest BCUT2D eigenvalue weighted by molar-refractivity contribution is 5.27. The summed E-state index contributed by atoms with van der Waals surface area (Å²) < 4.78 is 0. The maximum absolute atomic E-state index is 5.85. The zero-order valence-electron chi connectivity index (χ0n) is 12.4. The minimum absolute atomic E-state index is 0.0407. The van der Waals surface area contributed by atoms with Gasteiger partial charge >= 0.3 is 0 Å². The van der Waals surface area contributed by atoms with Crippen molar-refractivity contribution < 1.29 is 0 Å². The van der Waals surface area contributed by atoms with Crippen molar-refractivity contribution in [3.63, 3.8) is 0 Å². The first kappa shape index (κ1) is 14.5. The molecule has 2 rings (SSSR count). The van der Waals surface area contributed by atoms with E-state index in [-0.39, 0.29) is 11.6 Å². The van der Waals surface area contributed by atoms with Crippen molar-refractivity contribution in [2.45, 2.75) is 51.6 Å². The zero-order valence-corrected chi connectivity index (χ0v) is 12.4. The van der Waals surface area contributed by atoms with Crippen LogP contribution in [0.25, 0.3) is 0 Å². The quantitative estimate of drug-likeness (QED) is 0.632. The number of aryl methyl sites for hydroxylation is 1. The van der Waals surface area contributed by atoms with E-state index in [0.717, 1.165) is 6.42 Å². The van der Waals surface area contributed by atoms with Crippen molar-refractivity contribution in [2.75, 3.05) is 13.1 Å². The standard InChI is InChI=1S/C16H27N3/c1-4-13-7-9-14(10-8-13)15(18-17)16(2,3)19-11-5-6-12-19/h7-10,15,18H,4-6,11-12,17H2,1-3H3. The van der Waals surface area contributed by atoms with Gasteiger partial charge in [-0.05, 0) is 57.3 Å². The highest BCUT2D eigenvalue weighted by Gasteiger charge is 2.37. The number of nitrogens with zero attached hydrogens (tertiary/aromatic N) is 1. The number of hydrogen-bond donors (Lipinski definition) is 2. The van der Waals surface area contributed by atoms with Crippen molar-refractivity contribution in [3.05, 3.63) is 35.4 Å². The smallest absolute Gasteiger partial charge is 0.0638 e. The molecule has 1 fully saturated rings. The molecule has 0 saturated carbocycles. The topological polar surface area (TPSA) is 41.3 Å². The Hall–Kier alpha value is -0.900. The molecule has 1 aromatic rings. The Labute approximate surface area is 117 Å². The summed E-state index contributed by atoms with van der Waals surface area (Å²) in [4.78, 5) is 2.55. The molecule has 106 valence electrons. The van der Waals surface area contributed by atoms with Gasteiger partial charge in [0.05, 0.1) is 6.04 Å². The maximum Gasteiger partial charge on any atom is 0.0638 e. The molecule has 0 aliphatic carbocycles. The van der Waals surface area contributed by atoms with Gasteiger partial charge in [-0.2, -0.15) is 0 Å². The molecule has 0 bridgehead atoms. The highest BCUT2D eigenvalue weighted by atomic mass is 15.3. The van der Waals surface area contributed by atoms with Gasteiger partial charge in [-0.15, -0.1) is 0 Å². The molecule has 1 aliphatic rings. The number of nitrogens with one attached hydrogen (secondary N) is 1. The summed E-state index contributed by atoms with van der Waals surface area (Å²) in [6.07, 6.45) is 3.68. The van der Waals surface area contributed by atoms with Gasteiger partial charge in [0.1, 0.15) is 0 Å². The number of nitrogens with two attached hydrogens (primary N) is 1. The van der Waals surface area contributed by atoms with E-state index < -0.39 is 0 Å². The fraction of sp³-hybridized carbons (Fsp3) is 0.625. The van der Waals surface area contributed by atoms with E-state index in [9.17, 15) is 0 Å². The summed E-state index contributed by atoms with van der Waals surface area (Å²) in [6, 6.07) is 9.00. The Morgan fingerprint density at radius 3 is 2.26 bits per heavy atom. The molecule has 1 heterocycles. The molecule has 19 heavy (non-hydrogen) atoms. The highest BCUT2D eigenvalue weighted by Crippen LogP contribution is 2.33. The van der Waals surface area contributed by atoms with Crippen LogP contribution in [0.5, 0.6) is 0 Å². The first-order valence-electron chi connectivity index (χ1n) is 7.39. The lowest BCUT2D eigenvalue weighted by molar-refractivity contribution is 0.107. The average molecular weight is 261 g/mol. The van der Waals surface area contributed by atoms with E-state index in [1.807, 2.05) is 0 Å². The predicted molar refractivity (Wildman–Crippen MR) is 80.8 cm³/mol. The van der Waals surface area contributed by atoms with Crippen LogP contribution in [0.4, 0.5) is 0 Å². The summed E-state index contributed by atoms with van der Waals surface area (Å²) >= 11 is 0. The molecule has 0 radical (unpaired) electrons. The van der Waals surface area contributed by atoms with Gasteiger partial charge in [0.25, 0.3) is 0 Å². The van der Waals surface area contributed by atoms with Crippen LogP contribution in [0.3, 0.4) is 0 Å². The molecule has 1 unspecified atom stereocenters. The number of rotatable bonds is 5. The molecule has 3 heteroatoms. The molecule has 1 aliphatic heterocycles. The third-order valence-electron chi connectivity index (χ3n) is 4.52. The average Bonchev–Trinajstić information content (AvgIpc) is 2.95. The summed E-state index contributed by atoms with van der Waals surface area (Å²) in [6.45, 7) is 9.12. The maximum atomic E-state index is 5.85. The first-order valence-corrected chi connectivity index (χ1v) is 7.39. The molecule has 1 saturated heterocycles. The van der Waals surface area contributed by atoms with Crippen LogP contribution in [0, 0.1) is 0 Å². The van der Waals surface area contributed by atoms with E-state index >= 15 is 0 Å². The fourth-order valence-corrected chi connectivity index (χ4v) is 3.13. The second-order valence-corrected chi connectivity index (χ2v) is 6.04. The van der Waals surface area contributed by atoms with Crippen LogP contribution in [0.2, 0.25) is 0 Å². The van der Waals surface area contributed by atoms with Gasteiger partial charge in [0.15, 0.2) is 0 Å². The Morgan fingerprint density at radius 2 is 1.79 bits per heavy atom. The minimum atomic E-state index is 0.0407. The lowest BCUT2D eigenvalue weighted by Crippen LogP contribution is -2.53. The molecule has 1 atom stereocenters. The summed E-state index contributed by atoms with van der Waals surface area (Å²) in [5.41, 5.74) is 5.72. The molecule has 0 spiro atoms. The van der Waals surface area contributed by atoms with E-state index in [2.05, 4.69) is 55.4 Å². The molecule has 3 N–H and O–H groups in total. The number of benzene rings is 1. The molecule has 1 aromatic carbocycles. The van der Waals surface area contributed by atoms with Crippen molar-refractivity contribution in [3.8, 4) is 0 Å². The summed E-state index contributed by atoms with van der Waals surface area (Å²) in [5, 5.41) is 0. The Bertz CT molecular complexity index is 391. The van der Waals surface area contributed by atoms with Crippen LogP contribution in [0.15, 0.2) is 24.3 Å². The summed E-state index contributed by atoms with van der Waals surface area (Å²) in [5.74, 6) is 5.85. The van der Waals surface area contributed by atoms with E-state index in [1.165, 1.54) is 37.1 Å². The Kier molecular flexibility index (Phi) is 4.61. The Morgan fingerprint density at radius 1 is 1.21 bits per heavy atom. The number of hydrogen-bond acceptors (Lipinski definition) is 3. The van der Waals surface area contributed by atoms with Gasteiger partial charge < -0.3 is 0 Å². The third-order valence-corrected chi connectivity index (χ3v) is 4.52. The van der Waals surface area contributed by atoms with Crippen molar-refractivity contribution >= 4 is 0 Å². The van der Waals surface area contributed by atoms with E-state index in [0.29, 0.717) is 0 Å². The van der Waals surface area contributed by atoms with Crippen LogP contribution in [0.1, 0.15) is 50.8 Å². The summed E-state index contributed by atoms with van der Waals surface area (Å²) in [7, 11) is 0. The Balaban J connectivity index is 2.21. The largest absolute Gasteiger partial charge is 0.296 e. The van der Waals surface area contributed by atoms with Crippen molar-refractivity contribution in [1.82, 2.24) is 10.3 Å². The third kappa shape index (κ3) is 2.99. The number of hydrazine groups is 1. The monoisotopic (exact) mass is 261 g/mol. The minimum Gasteiger partial charge on any atom is -0.296 e. The van der Waals surface area contributed by atoms with Gasteiger partial charge in [-0.3, -0.25) is 16.2 Å². The van der Waals surface area contributed by atoms with Gasteiger partial charge in [-0.1, -0.05) is 31.2 Å². The first-order chi connectivity index (χ1) is 9.09. The van der Waals surface area contributed by atoms with Gasteiger partial charge in [0, 0.05) is 5.54 Å². The van der Waals surface area contributed by atoms with Crippen molar-refractivity contribution in [1.29, 1.82) is 0 Å². The normalized spacial score (nSPS) is 18.7. The van der Waals surface area contributed by atoms with E-state index in [1.54, 1.807) is 0 Å². The second kappa shape index (κ2) is 6.04. The van der Waals surface area contributed by atoms with Crippen LogP contribution < -0.4 is 11.3 Å².